The standard InChI is InChI=1S/C26H23N7O2/c1-35-19-10-8-17(9-11-19)12-14-29-26(34)22-23-25(32-21-7-3-2-6-20(21)31-23)33(24(22)27)30-16-18-5-4-13-28-15-18/h2-11,13,15-16H,12,14,27H2,1H3,(H,29,34). The largest absolute Gasteiger partial charge is 0.497 e. The first-order valence-corrected chi connectivity index (χ1v) is 11.1. The van der Waals surface area contributed by atoms with Gasteiger partial charge in [-0.2, -0.15) is 9.78 Å². The van der Waals surface area contributed by atoms with Crippen molar-refractivity contribution in [3.05, 3.63) is 89.7 Å². The van der Waals surface area contributed by atoms with Crippen molar-refractivity contribution in [2.45, 2.75) is 6.42 Å². The first kappa shape index (κ1) is 22.0. The highest BCUT2D eigenvalue weighted by atomic mass is 16.5. The van der Waals surface area contributed by atoms with Crippen LogP contribution in [-0.2, 0) is 6.42 Å². The van der Waals surface area contributed by atoms with Crippen LogP contribution in [-0.4, -0.2) is 45.4 Å². The maximum atomic E-state index is 13.2. The molecule has 1 amide bonds. The lowest BCUT2D eigenvalue weighted by atomic mass is 10.1. The number of nitrogens with zero attached hydrogens (tertiary/aromatic N) is 5. The molecular formula is C26H23N7O2. The van der Waals surface area contributed by atoms with Crippen LogP contribution in [0.15, 0.2) is 78.2 Å². The summed E-state index contributed by atoms with van der Waals surface area (Å²) in [6.45, 7) is 0.428. The Hall–Kier alpha value is -4.79. The van der Waals surface area contributed by atoms with E-state index in [2.05, 4.69) is 15.4 Å². The first-order valence-electron chi connectivity index (χ1n) is 11.1. The van der Waals surface area contributed by atoms with Gasteiger partial charge in [0.05, 0.1) is 24.4 Å². The molecule has 0 fully saturated rings. The van der Waals surface area contributed by atoms with Crippen LogP contribution in [0, 0.1) is 0 Å². The smallest absolute Gasteiger partial charge is 0.257 e. The number of ether oxygens (including phenoxy) is 1. The summed E-state index contributed by atoms with van der Waals surface area (Å²) in [7, 11) is 1.63. The average Bonchev–Trinajstić information content (AvgIpc) is 3.17. The second-order valence-corrected chi connectivity index (χ2v) is 7.84. The van der Waals surface area contributed by atoms with E-state index in [4.69, 9.17) is 20.4 Å². The van der Waals surface area contributed by atoms with Crippen LogP contribution >= 0.6 is 0 Å². The third kappa shape index (κ3) is 4.51. The van der Waals surface area contributed by atoms with Gasteiger partial charge in [0.2, 0.25) is 0 Å². The number of amides is 1. The molecule has 0 aliphatic rings. The van der Waals surface area contributed by atoms with E-state index in [-0.39, 0.29) is 17.3 Å². The summed E-state index contributed by atoms with van der Waals surface area (Å²) < 4.78 is 6.64. The van der Waals surface area contributed by atoms with Gasteiger partial charge in [-0.05, 0) is 42.3 Å². The number of fused-ring (bicyclic) bond motifs is 2. The molecule has 0 aliphatic heterocycles. The molecule has 0 saturated carbocycles. The molecule has 0 aliphatic carbocycles. The number of aromatic nitrogens is 4. The number of hydrogen-bond acceptors (Lipinski definition) is 7. The predicted octanol–water partition coefficient (Wildman–Crippen LogP) is 3.43. The molecule has 174 valence electrons. The van der Waals surface area contributed by atoms with Crippen LogP contribution in [0.4, 0.5) is 5.82 Å². The van der Waals surface area contributed by atoms with Crippen molar-refractivity contribution in [1.82, 2.24) is 24.9 Å². The fourth-order valence-electron chi connectivity index (χ4n) is 3.77. The molecule has 35 heavy (non-hydrogen) atoms. The van der Waals surface area contributed by atoms with Crippen LogP contribution in [0.5, 0.6) is 5.75 Å². The highest BCUT2D eigenvalue weighted by Crippen LogP contribution is 2.27. The Morgan fingerprint density at radius 2 is 1.86 bits per heavy atom. The quantitative estimate of drug-likeness (QED) is 0.355. The molecule has 0 radical (unpaired) electrons. The van der Waals surface area contributed by atoms with Crippen molar-refractivity contribution >= 4 is 40.1 Å². The summed E-state index contributed by atoms with van der Waals surface area (Å²) in [5.41, 5.74) is 10.7. The van der Waals surface area contributed by atoms with Crippen LogP contribution in [0.1, 0.15) is 21.5 Å². The number of nitrogens with one attached hydrogen (secondary N) is 1. The second kappa shape index (κ2) is 9.60. The molecule has 0 bridgehead atoms. The monoisotopic (exact) mass is 465 g/mol. The van der Waals surface area contributed by atoms with E-state index in [9.17, 15) is 4.79 Å². The SMILES string of the molecule is COc1ccc(CCNC(=O)c2c(N)n(N=Cc3cccnc3)c3nc4ccccc4nc23)cc1. The molecule has 0 unspecified atom stereocenters. The normalized spacial score (nSPS) is 11.3. The molecule has 3 aromatic heterocycles. The number of hydrogen-bond donors (Lipinski definition) is 2. The minimum atomic E-state index is -0.332. The molecule has 9 heteroatoms. The van der Waals surface area contributed by atoms with Crippen LogP contribution in [0.2, 0.25) is 0 Å². The Bertz CT molecular complexity index is 1530. The third-order valence-electron chi connectivity index (χ3n) is 5.57. The summed E-state index contributed by atoms with van der Waals surface area (Å²) in [5, 5.41) is 7.44. The number of nitrogens with two attached hydrogens (primary N) is 1. The van der Waals surface area contributed by atoms with Crippen molar-refractivity contribution in [1.29, 1.82) is 0 Å². The van der Waals surface area contributed by atoms with Gasteiger partial charge >= 0.3 is 0 Å². The predicted molar refractivity (Wildman–Crippen MR) is 136 cm³/mol. The van der Waals surface area contributed by atoms with Gasteiger partial charge in [-0.15, -0.1) is 0 Å². The lowest BCUT2D eigenvalue weighted by Crippen LogP contribution is -2.26. The van der Waals surface area contributed by atoms with Crippen molar-refractivity contribution in [2.24, 2.45) is 5.10 Å². The van der Waals surface area contributed by atoms with Gasteiger partial charge in [-0.3, -0.25) is 9.78 Å². The molecule has 9 nitrogen and oxygen atoms in total. The number of nitrogen functional groups attached to an aromatic ring is 1. The summed E-state index contributed by atoms with van der Waals surface area (Å²) in [6, 6.07) is 18.9. The van der Waals surface area contributed by atoms with E-state index in [0.29, 0.717) is 35.2 Å². The Labute approximate surface area is 201 Å². The topological polar surface area (TPSA) is 120 Å². The summed E-state index contributed by atoms with van der Waals surface area (Å²) in [5.74, 6) is 0.620. The van der Waals surface area contributed by atoms with E-state index < -0.39 is 0 Å². The highest BCUT2D eigenvalue weighted by molar-refractivity contribution is 6.10. The van der Waals surface area contributed by atoms with Gasteiger partial charge in [0.15, 0.2) is 5.65 Å². The summed E-state index contributed by atoms with van der Waals surface area (Å²) in [4.78, 5) is 26.7. The number of carbonyl (C=O) groups is 1. The van der Waals surface area contributed by atoms with Crippen LogP contribution in [0.3, 0.4) is 0 Å². The number of pyridine rings is 1. The van der Waals surface area contributed by atoms with E-state index in [1.165, 1.54) is 4.68 Å². The average molecular weight is 466 g/mol. The summed E-state index contributed by atoms with van der Waals surface area (Å²) in [6.07, 6.45) is 5.63. The molecule has 5 aromatic rings. The number of carbonyl (C=O) groups excluding carboxylic acids is 1. The van der Waals surface area contributed by atoms with Crippen molar-refractivity contribution < 1.29 is 9.53 Å². The Balaban J connectivity index is 1.48. The lowest BCUT2D eigenvalue weighted by Gasteiger charge is -2.06. The number of anilines is 1. The highest BCUT2D eigenvalue weighted by Gasteiger charge is 2.23. The molecule has 0 atom stereocenters. The lowest BCUT2D eigenvalue weighted by molar-refractivity contribution is 0.0956. The van der Waals surface area contributed by atoms with E-state index in [1.54, 1.807) is 25.7 Å². The zero-order chi connectivity index (χ0) is 24.2. The molecule has 5 rings (SSSR count). The van der Waals surface area contributed by atoms with Gasteiger partial charge in [0.1, 0.15) is 22.6 Å². The Morgan fingerprint density at radius 1 is 1.09 bits per heavy atom. The minimum Gasteiger partial charge on any atom is -0.497 e. The number of methoxy groups -OCH3 is 1. The van der Waals surface area contributed by atoms with Gasteiger partial charge in [0, 0.05) is 24.5 Å². The maximum absolute atomic E-state index is 13.2. The zero-order valence-electron chi connectivity index (χ0n) is 19.0. The van der Waals surface area contributed by atoms with Gasteiger partial charge in [-0.25, -0.2) is 9.97 Å². The number of rotatable bonds is 7. The van der Waals surface area contributed by atoms with Crippen molar-refractivity contribution in [2.75, 3.05) is 19.4 Å². The van der Waals surface area contributed by atoms with Gasteiger partial charge in [-0.1, -0.05) is 30.3 Å². The molecule has 0 saturated heterocycles. The van der Waals surface area contributed by atoms with Gasteiger partial charge < -0.3 is 15.8 Å². The molecule has 3 heterocycles. The van der Waals surface area contributed by atoms with Crippen LogP contribution < -0.4 is 15.8 Å². The zero-order valence-corrected chi connectivity index (χ0v) is 19.0. The third-order valence-corrected chi connectivity index (χ3v) is 5.57. The van der Waals surface area contributed by atoms with Gasteiger partial charge in [0.25, 0.3) is 5.91 Å². The molecular weight excluding hydrogens is 442 g/mol. The van der Waals surface area contributed by atoms with Crippen molar-refractivity contribution in [3.63, 3.8) is 0 Å². The first-order chi connectivity index (χ1) is 17.1. The second-order valence-electron chi connectivity index (χ2n) is 7.84. The Morgan fingerprint density at radius 3 is 2.57 bits per heavy atom. The molecule has 2 aromatic carbocycles. The number of para-hydroxylation sites is 2. The van der Waals surface area contributed by atoms with E-state index >= 15 is 0 Å². The van der Waals surface area contributed by atoms with E-state index in [1.807, 2.05) is 60.7 Å². The maximum Gasteiger partial charge on any atom is 0.257 e. The fraction of sp³-hybridized carbons (Fsp3) is 0.115. The van der Waals surface area contributed by atoms with E-state index in [0.717, 1.165) is 16.9 Å². The Kier molecular flexibility index (Phi) is 6.04. The summed E-state index contributed by atoms with van der Waals surface area (Å²) >= 11 is 0. The fourth-order valence-corrected chi connectivity index (χ4v) is 3.77. The molecule has 3 N–H and O–H groups in total. The van der Waals surface area contributed by atoms with Crippen LogP contribution in [0.25, 0.3) is 22.2 Å². The molecule has 0 spiro atoms. The van der Waals surface area contributed by atoms with Crippen molar-refractivity contribution in [3.8, 4) is 5.75 Å². The number of benzene rings is 2. The minimum absolute atomic E-state index is 0.164.